The molecule has 2 atom stereocenters. The maximum atomic E-state index is 12.2. The molecule has 6 heteroatoms. The summed E-state index contributed by atoms with van der Waals surface area (Å²) < 4.78 is 5.65. The highest BCUT2D eigenvalue weighted by atomic mass is 35.5. The van der Waals surface area contributed by atoms with Crippen LogP contribution in [0.4, 0.5) is 0 Å². The molecule has 1 aliphatic heterocycles. The number of hydrogen-bond acceptors (Lipinski definition) is 4. The highest BCUT2D eigenvalue weighted by molar-refractivity contribution is 5.85. The molecule has 3 rings (SSSR count). The lowest BCUT2D eigenvalue weighted by molar-refractivity contribution is -0.122. The van der Waals surface area contributed by atoms with E-state index in [1.165, 1.54) is 5.56 Å². The summed E-state index contributed by atoms with van der Waals surface area (Å²) in [4.78, 5) is 14.3. The van der Waals surface area contributed by atoms with Gasteiger partial charge in [0.2, 0.25) is 5.91 Å². The molecule has 2 aromatic carbocycles. The minimum Gasteiger partial charge on any atom is -0.492 e. The van der Waals surface area contributed by atoms with Crippen LogP contribution in [-0.2, 0) is 4.79 Å². The fourth-order valence-corrected chi connectivity index (χ4v) is 3.42. The second-order valence-electron chi connectivity index (χ2n) is 6.89. The van der Waals surface area contributed by atoms with Crippen molar-refractivity contribution in [2.24, 2.45) is 5.73 Å². The summed E-state index contributed by atoms with van der Waals surface area (Å²) in [5.41, 5.74) is 8.68. The summed E-state index contributed by atoms with van der Waals surface area (Å²) in [7, 11) is 0. The van der Waals surface area contributed by atoms with Crippen molar-refractivity contribution in [1.82, 2.24) is 10.2 Å². The lowest BCUT2D eigenvalue weighted by Gasteiger charge is -2.16. The molecule has 0 saturated carbocycles. The van der Waals surface area contributed by atoms with Crippen LogP contribution < -0.4 is 15.8 Å². The van der Waals surface area contributed by atoms with Gasteiger partial charge < -0.3 is 15.8 Å². The fraction of sp³-hybridized carbons (Fsp3) is 0.381. The van der Waals surface area contributed by atoms with E-state index in [0.29, 0.717) is 19.7 Å². The van der Waals surface area contributed by atoms with E-state index in [-0.39, 0.29) is 30.3 Å². The molecule has 1 amide bonds. The number of rotatable bonds is 7. The van der Waals surface area contributed by atoms with Crippen LogP contribution in [0.15, 0.2) is 54.6 Å². The molecule has 3 N–H and O–H groups in total. The summed E-state index contributed by atoms with van der Waals surface area (Å²) in [6.07, 6.45) is 0. The van der Waals surface area contributed by atoms with E-state index in [9.17, 15) is 4.79 Å². The summed E-state index contributed by atoms with van der Waals surface area (Å²) in [6.45, 7) is 4.92. The molecule has 0 bridgehead atoms. The number of ether oxygens (including phenoxy) is 1. The van der Waals surface area contributed by atoms with Gasteiger partial charge in [0, 0.05) is 25.0 Å². The number of hydrogen-bond donors (Lipinski definition) is 2. The number of benzene rings is 2. The van der Waals surface area contributed by atoms with Crippen molar-refractivity contribution in [3.05, 3.63) is 65.7 Å². The van der Waals surface area contributed by atoms with E-state index < -0.39 is 0 Å². The summed E-state index contributed by atoms with van der Waals surface area (Å²) in [5.74, 6) is 1.13. The first-order valence-corrected chi connectivity index (χ1v) is 9.11. The standard InChI is InChI=1S/C21H27N3O2.ClH/c1-16-6-5-9-18(12-16)26-11-10-23-21(25)15-24-13-19(20(22)14-24)17-7-3-2-4-8-17;/h2-9,12,19-20H,10-11,13-15,22H2,1H3,(H,23,25);1H/t19-,20+;/m0./s1. The zero-order valence-electron chi connectivity index (χ0n) is 15.6. The number of nitrogens with one attached hydrogen (secondary N) is 1. The molecule has 27 heavy (non-hydrogen) atoms. The predicted octanol–water partition coefficient (Wildman–Crippen LogP) is 2.34. The van der Waals surface area contributed by atoms with Crippen molar-refractivity contribution < 1.29 is 9.53 Å². The van der Waals surface area contributed by atoms with Gasteiger partial charge in [-0.05, 0) is 30.2 Å². The van der Waals surface area contributed by atoms with Crippen molar-refractivity contribution in [1.29, 1.82) is 0 Å². The molecule has 2 aromatic rings. The smallest absolute Gasteiger partial charge is 0.234 e. The molecule has 0 spiro atoms. The maximum absolute atomic E-state index is 12.2. The summed E-state index contributed by atoms with van der Waals surface area (Å²) in [5, 5.41) is 2.92. The normalized spacial score (nSPS) is 19.3. The Morgan fingerprint density at radius 1 is 1.19 bits per heavy atom. The van der Waals surface area contributed by atoms with Crippen molar-refractivity contribution >= 4 is 18.3 Å². The topological polar surface area (TPSA) is 67.6 Å². The highest BCUT2D eigenvalue weighted by Crippen LogP contribution is 2.25. The molecule has 0 aliphatic carbocycles. The van der Waals surface area contributed by atoms with Crippen molar-refractivity contribution in [2.75, 3.05) is 32.8 Å². The number of nitrogens with two attached hydrogens (primary N) is 1. The van der Waals surface area contributed by atoms with Gasteiger partial charge in [-0.25, -0.2) is 0 Å². The first-order valence-electron chi connectivity index (χ1n) is 9.11. The van der Waals surface area contributed by atoms with Crippen LogP contribution in [0.25, 0.3) is 0 Å². The van der Waals surface area contributed by atoms with Gasteiger partial charge in [-0.15, -0.1) is 12.4 Å². The highest BCUT2D eigenvalue weighted by Gasteiger charge is 2.31. The SMILES string of the molecule is Cc1cccc(OCCNC(=O)CN2C[C@@H](N)[C@H](c3ccccc3)C2)c1.Cl. The molecule has 1 heterocycles. The Kier molecular flexibility index (Phi) is 8.10. The van der Waals surface area contributed by atoms with Gasteiger partial charge in [-0.2, -0.15) is 0 Å². The second-order valence-corrected chi connectivity index (χ2v) is 6.89. The number of carbonyl (C=O) groups is 1. The van der Waals surface area contributed by atoms with Gasteiger partial charge in [0.25, 0.3) is 0 Å². The minimum absolute atomic E-state index is 0. The summed E-state index contributed by atoms with van der Waals surface area (Å²) >= 11 is 0. The molecule has 1 fully saturated rings. The Morgan fingerprint density at radius 2 is 1.96 bits per heavy atom. The van der Waals surface area contributed by atoms with E-state index in [4.69, 9.17) is 10.5 Å². The monoisotopic (exact) mass is 389 g/mol. The van der Waals surface area contributed by atoms with Crippen LogP contribution in [0, 0.1) is 6.92 Å². The van der Waals surface area contributed by atoms with Gasteiger partial charge in [-0.1, -0.05) is 42.5 Å². The lowest BCUT2D eigenvalue weighted by Crippen LogP contribution is -2.38. The van der Waals surface area contributed by atoms with E-state index in [2.05, 4.69) is 22.3 Å². The van der Waals surface area contributed by atoms with Gasteiger partial charge in [0.05, 0.1) is 13.1 Å². The van der Waals surface area contributed by atoms with E-state index in [1.54, 1.807) is 0 Å². The molecule has 0 aromatic heterocycles. The number of amides is 1. The third-order valence-corrected chi connectivity index (χ3v) is 4.72. The number of carbonyl (C=O) groups excluding carboxylic acids is 1. The maximum Gasteiger partial charge on any atom is 0.234 e. The molecule has 0 unspecified atom stereocenters. The van der Waals surface area contributed by atoms with Crippen LogP contribution >= 0.6 is 12.4 Å². The Labute approximate surface area is 167 Å². The Balaban J connectivity index is 0.00000261. The van der Waals surface area contributed by atoms with Crippen molar-refractivity contribution in [3.63, 3.8) is 0 Å². The summed E-state index contributed by atoms with van der Waals surface area (Å²) in [6, 6.07) is 18.2. The lowest BCUT2D eigenvalue weighted by atomic mass is 9.95. The second kappa shape index (κ2) is 10.3. The minimum atomic E-state index is 0. The van der Waals surface area contributed by atoms with Gasteiger partial charge in [0.15, 0.2) is 0 Å². The Hall–Kier alpha value is -2.08. The Morgan fingerprint density at radius 3 is 2.70 bits per heavy atom. The molecular weight excluding hydrogens is 362 g/mol. The van der Waals surface area contributed by atoms with Crippen LogP contribution in [0.5, 0.6) is 5.75 Å². The number of halogens is 1. The molecular formula is C21H28ClN3O2. The van der Waals surface area contributed by atoms with Crippen LogP contribution in [-0.4, -0.2) is 49.6 Å². The van der Waals surface area contributed by atoms with Crippen molar-refractivity contribution in [2.45, 2.75) is 18.9 Å². The number of aryl methyl sites for hydroxylation is 1. The van der Waals surface area contributed by atoms with Gasteiger partial charge >= 0.3 is 0 Å². The molecule has 1 saturated heterocycles. The quantitative estimate of drug-likeness (QED) is 0.713. The number of likely N-dealkylation sites (tertiary alicyclic amines) is 1. The zero-order chi connectivity index (χ0) is 18.4. The van der Waals surface area contributed by atoms with Crippen LogP contribution in [0.1, 0.15) is 17.0 Å². The van der Waals surface area contributed by atoms with E-state index in [1.807, 2.05) is 49.4 Å². The van der Waals surface area contributed by atoms with Gasteiger partial charge in [0.1, 0.15) is 12.4 Å². The van der Waals surface area contributed by atoms with Crippen LogP contribution in [0.3, 0.4) is 0 Å². The van der Waals surface area contributed by atoms with E-state index in [0.717, 1.165) is 24.4 Å². The average Bonchev–Trinajstić information content (AvgIpc) is 3.00. The number of nitrogens with zero attached hydrogens (tertiary/aromatic N) is 1. The predicted molar refractivity (Wildman–Crippen MR) is 111 cm³/mol. The third-order valence-electron chi connectivity index (χ3n) is 4.72. The largest absolute Gasteiger partial charge is 0.492 e. The van der Waals surface area contributed by atoms with E-state index >= 15 is 0 Å². The molecule has 0 radical (unpaired) electrons. The zero-order valence-corrected chi connectivity index (χ0v) is 16.5. The van der Waals surface area contributed by atoms with Gasteiger partial charge in [-0.3, -0.25) is 9.69 Å². The first-order chi connectivity index (χ1) is 12.6. The first kappa shape index (κ1) is 21.2. The third kappa shape index (κ3) is 6.24. The van der Waals surface area contributed by atoms with Crippen LogP contribution in [0.2, 0.25) is 0 Å². The molecule has 5 nitrogen and oxygen atoms in total. The Bertz CT molecular complexity index is 726. The molecule has 1 aliphatic rings. The average molecular weight is 390 g/mol. The fourth-order valence-electron chi connectivity index (χ4n) is 3.42. The van der Waals surface area contributed by atoms with Crippen molar-refractivity contribution in [3.8, 4) is 5.75 Å². The molecule has 146 valence electrons.